The van der Waals surface area contributed by atoms with E-state index >= 15 is 0 Å². The number of nitrogens with zero attached hydrogens (tertiary/aromatic N) is 1. The van der Waals surface area contributed by atoms with Crippen LogP contribution in [0.2, 0.25) is 0 Å². The van der Waals surface area contributed by atoms with E-state index < -0.39 is 5.60 Å². The second kappa shape index (κ2) is 10.0. The predicted octanol–water partition coefficient (Wildman–Crippen LogP) is 4.93. The first-order chi connectivity index (χ1) is 16.9. The SMILES string of the molecule is CC(C)(C)OC(=O)N1CCC(OC(c2ccc3c(c2)COCO3)c2ccc3c(c2)COCO3)CC1. The van der Waals surface area contributed by atoms with E-state index in [2.05, 4.69) is 24.3 Å². The molecule has 0 bridgehead atoms. The molecular weight excluding hydrogens is 450 g/mol. The molecule has 1 fully saturated rings. The van der Waals surface area contributed by atoms with Crippen molar-refractivity contribution in [1.82, 2.24) is 4.90 Å². The third-order valence-electron chi connectivity index (χ3n) is 6.31. The fourth-order valence-electron chi connectivity index (χ4n) is 4.59. The molecule has 0 atom stereocenters. The van der Waals surface area contributed by atoms with Crippen molar-refractivity contribution in [2.24, 2.45) is 0 Å². The van der Waals surface area contributed by atoms with Crippen LogP contribution in [-0.4, -0.2) is 49.4 Å². The molecule has 0 aromatic heterocycles. The van der Waals surface area contributed by atoms with Crippen molar-refractivity contribution >= 4 is 6.09 Å². The van der Waals surface area contributed by atoms with Crippen LogP contribution >= 0.6 is 0 Å². The van der Waals surface area contributed by atoms with Gasteiger partial charge in [0.1, 0.15) is 23.2 Å². The number of carbonyl (C=O) groups is 1. The number of amides is 1. The Morgan fingerprint density at radius 3 is 1.97 bits per heavy atom. The van der Waals surface area contributed by atoms with E-state index in [4.69, 9.17) is 28.4 Å². The number of rotatable bonds is 4. The number of ether oxygens (including phenoxy) is 6. The first-order valence-electron chi connectivity index (χ1n) is 12.2. The Labute approximate surface area is 206 Å². The molecule has 0 saturated carbocycles. The van der Waals surface area contributed by atoms with Gasteiger partial charge in [-0.25, -0.2) is 4.79 Å². The number of carbonyl (C=O) groups excluding carboxylic acids is 1. The first kappa shape index (κ1) is 23.9. The minimum absolute atomic E-state index is 0.00533. The molecule has 0 spiro atoms. The van der Waals surface area contributed by atoms with Crippen molar-refractivity contribution in [1.29, 1.82) is 0 Å². The van der Waals surface area contributed by atoms with Crippen molar-refractivity contribution < 1.29 is 33.2 Å². The lowest BCUT2D eigenvalue weighted by atomic mass is 9.96. The summed E-state index contributed by atoms with van der Waals surface area (Å²) in [7, 11) is 0. The quantitative estimate of drug-likeness (QED) is 0.611. The minimum Gasteiger partial charge on any atom is -0.467 e. The number of piperidine rings is 1. The van der Waals surface area contributed by atoms with E-state index in [0.29, 0.717) is 26.3 Å². The van der Waals surface area contributed by atoms with Crippen LogP contribution in [0.5, 0.6) is 11.5 Å². The Morgan fingerprint density at radius 1 is 0.914 bits per heavy atom. The normalized spacial score (nSPS) is 18.3. The average Bonchev–Trinajstić information content (AvgIpc) is 2.86. The van der Waals surface area contributed by atoms with Gasteiger partial charge in [0.2, 0.25) is 0 Å². The van der Waals surface area contributed by atoms with Gasteiger partial charge in [0, 0.05) is 24.2 Å². The zero-order valence-corrected chi connectivity index (χ0v) is 20.6. The summed E-state index contributed by atoms with van der Waals surface area (Å²) in [6, 6.07) is 12.3. The Morgan fingerprint density at radius 2 is 1.46 bits per heavy atom. The van der Waals surface area contributed by atoms with E-state index in [0.717, 1.165) is 46.6 Å². The summed E-state index contributed by atoms with van der Waals surface area (Å²) in [5.41, 5.74) is 3.57. The van der Waals surface area contributed by atoms with E-state index in [1.165, 1.54) is 0 Å². The molecule has 5 rings (SSSR count). The zero-order chi connectivity index (χ0) is 24.4. The monoisotopic (exact) mass is 483 g/mol. The Hall–Kier alpha value is -2.81. The van der Waals surface area contributed by atoms with Gasteiger partial charge in [0.15, 0.2) is 13.6 Å². The maximum atomic E-state index is 12.5. The van der Waals surface area contributed by atoms with Crippen LogP contribution in [0.25, 0.3) is 0 Å². The standard InChI is InChI=1S/C27H33NO7/c1-27(2,3)35-26(29)28-10-8-22(9-11-28)34-25(18-4-6-23-20(12-18)14-30-16-32-23)19-5-7-24-21(13-19)15-31-17-33-24/h4-7,12-13,22,25H,8-11,14-17H2,1-3H3. The topological polar surface area (TPSA) is 75.7 Å². The maximum absolute atomic E-state index is 12.5. The predicted molar refractivity (Wildman–Crippen MR) is 127 cm³/mol. The Balaban J connectivity index is 1.35. The van der Waals surface area contributed by atoms with E-state index in [1.54, 1.807) is 4.90 Å². The zero-order valence-electron chi connectivity index (χ0n) is 20.6. The number of likely N-dealkylation sites (tertiary alicyclic amines) is 1. The number of fused-ring (bicyclic) bond motifs is 2. The molecule has 2 aromatic rings. The third-order valence-corrected chi connectivity index (χ3v) is 6.31. The van der Waals surface area contributed by atoms with E-state index in [-0.39, 0.29) is 31.9 Å². The third kappa shape index (κ3) is 5.72. The highest BCUT2D eigenvalue weighted by atomic mass is 16.7. The first-order valence-corrected chi connectivity index (χ1v) is 12.2. The van der Waals surface area contributed by atoms with Gasteiger partial charge in [-0.3, -0.25) is 0 Å². The lowest BCUT2D eigenvalue weighted by Gasteiger charge is -2.35. The van der Waals surface area contributed by atoms with Gasteiger partial charge in [-0.1, -0.05) is 12.1 Å². The van der Waals surface area contributed by atoms with Gasteiger partial charge < -0.3 is 33.3 Å². The van der Waals surface area contributed by atoms with Gasteiger partial charge in [-0.05, 0) is 69.0 Å². The summed E-state index contributed by atoms with van der Waals surface area (Å²) in [6.07, 6.45) is 0.934. The van der Waals surface area contributed by atoms with Crippen molar-refractivity contribution in [3.63, 3.8) is 0 Å². The van der Waals surface area contributed by atoms with E-state index in [1.807, 2.05) is 32.9 Å². The molecule has 3 heterocycles. The number of hydrogen-bond donors (Lipinski definition) is 0. The molecule has 0 aliphatic carbocycles. The van der Waals surface area contributed by atoms with Gasteiger partial charge in [0.25, 0.3) is 0 Å². The lowest BCUT2D eigenvalue weighted by molar-refractivity contribution is -0.0348. The van der Waals surface area contributed by atoms with Crippen LogP contribution in [0.3, 0.4) is 0 Å². The summed E-state index contributed by atoms with van der Waals surface area (Å²) >= 11 is 0. The molecule has 188 valence electrons. The van der Waals surface area contributed by atoms with Gasteiger partial charge in [0.05, 0.1) is 19.3 Å². The van der Waals surface area contributed by atoms with Crippen molar-refractivity contribution in [2.75, 3.05) is 26.7 Å². The maximum Gasteiger partial charge on any atom is 0.410 e. The van der Waals surface area contributed by atoms with Crippen LogP contribution in [0, 0.1) is 0 Å². The highest BCUT2D eigenvalue weighted by Gasteiger charge is 2.30. The lowest BCUT2D eigenvalue weighted by Crippen LogP contribution is -2.43. The number of hydrogen-bond acceptors (Lipinski definition) is 7. The fraction of sp³-hybridized carbons (Fsp3) is 0.519. The molecule has 0 radical (unpaired) electrons. The smallest absolute Gasteiger partial charge is 0.410 e. The second-order valence-corrected chi connectivity index (χ2v) is 10.1. The molecule has 3 aliphatic rings. The van der Waals surface area contributed by atoms with Gasteiger partial charge in [-0.2, -0.15) is 0 Å². The molecule has 8 nitrogen and oxygen atoms in total. The molecule has 3 aliphatic heterocycles. The molecule has 0 unspecified atom stereocenters. The average molecular weight is 484 g/mol. The van der Waals surface area contributed by atoms with Crippen molar-refractivity contribution in [3.05, 3.63) is 58.7 Å². The van der Waals surface area contributed by atoms with Crippen molar-refractivity contribution in [2.45, 2.75) is 64.6 Å². The highest BCUT2D eigenvalue weighted by Crippen LogP contribution is 2.36. The number of benzene rings is 2. The minimum atomic E-state index is -0.505. The summed E-state index contributed by atoms with van der Waals surface area (Å²) in [4.78, 5) is 14.2. The van der Waals surface area contributed by atoms with Crippen LogP contribution in [-0.2, 0) is 32.2 Å². The van der Waals surface area contributed by atoms with Crippen molar-refractivity contribution in [3.8, 4) is 11.5 Å². The summed E-state index contributed by atoms with van der Waals surface area (Å²) < 4.78 is 34.5. The van der Waals surface area contributed by atoms with Crippen LogP contribution in [0.15, 0.2) is 36.4 Å². The van der Waals surface area contributed by atoms with Gasteiger partial charge in [-0.15, -0.1) is 0 Å². The molecule has 8 heteroatoms. The highest BCUT2D eigenvalue weighted by molar-refractivity contribution is 5.68. The van der Waals surface area contributed by atoms with E-state index in [9.17, 15) is 4.79 Å². The summed E-state index contributed by atoms with van der Waals surface area (Å²) in [6.45, 7) is 8.42. The molecule has 1 saturated heterocycles. The van der Waals surface area contributed by atoms with Gasteiger partial charge >= 0.3 is 6.09 Å². The Kier molecular flexibility index (Phi) is 6.86. The Bertz CT molecular complexity index is 996. The summed E-state index contributed by atoms with van der Waals surface area (Å²) in [5.74, 6) is 1.69. The summed E-state index contributed by atoms with van der Waals surface area (Å²) in [5, 5.41) is 0. The molecular formula is C27H33NO7. The molecule has 0 N–H and O–H groups in total. The fourth-order valence-corrected chi connectivity index (χ4v) is 4.59. The van der Waals surface area contributed by atoms with Crippen LogP contribution < -0.4 is 9.47 Å². The molecule has 35 heavy (non-hydrogen) atoms. The van der Waals surface area contributed by atoms with Crippen LogP contribution in [0.1, 0.15) is 62.0 Å². The second-order valence-electron chi connectivity index (χ2n) is 10.1. The largest absolute Gasteiger partial charge is 0.467 e. The van der Waals surface area contributed by atoms with Crippen LogP contribution in [0.4, 0.5) is 4.79 Å². The molecule has 1 amide bonds. The molecule has 2 aromatic carbocycles.